The standard InChI is InChI=1S/C2H6N2O3.C2H4O2.CH3O2P/c3-4-7-2(6)1-5;1-2(3)4;2-1(3)4/h4-5H,1,3H2;1H3,(H,3,4);4H2,(H,2,3)/p+1. The van der Waals surface area contributed by atoms with E-state index in [0.717, 1.165) is 6.92 Å². The van der Waals surface area contributed by atoms with Crippen LogP contribution in [-0.2, 0) is 14.4 Å². The first-order chi connectivity index (χ1) is 6.77. The summed E-state index contributed by atoms with van der Waals surface area (Å²) in [6.45, 7) is 0.461. The number of hydrogen-bond acceptors (Lipinski definition) is 6. The van der Waals surface area contributed by atoms with Gasteiger partial charge in [0.2, 0.25) is 0 Å². The minimum Gasteiger partial charge on any atom is -0.481 e. The summed E-state index contributed by atoms with van der Waals surface area (Å²) in [5.41, 5.74) is 0.942. The summed E-state index contributed by atoms with van der Waals surface area (Å²) in [4.78, 5) is 31.7. The van der Waals surface area contributed by atoms with Crippen LogP contribution in [0.5, 0.6) is 0 Å². The molecule has 10 heteroatoms. The maximum absolute atomic E-state index is 9.84. The molecule has 0 saturated heterocycles. The minimum absolute atomic E-state index is 0.622. The van der Waals surface area contributed by atoms with E-state index < -0.39 is 24.3 Å². The Bertz CT molecular complexity index is 178. The second kappa shape index (κ2) is 15.2. The van der Waals surface area contributed by atoms with Crippen LogP contribution in [0, 0.1) is 0 Å². The number of aliphatic carboxylic acids is 1. The smallest absolute Gasteiger partial charge is 0.355 e. The van der Waals surface area contributed by atoms with Gasteiger partial charge in [-0.25, -0.2) is 15.4 Å². The fourth-order valence-corrected chi connectivity index (χ4v) is 0.113. The lowest BCUT2D eigenvalue weighted by atomic mass is 10.8. The number of aliphatic hydroxyl groups excluding tert-OH is 1. The monoisotopic (exact) mass is 245 g/mol. The van der Waals surface area contributed by atoms with Crippen LogP contribution in [0.1, 0.15) is 6.92 Å². The van der Waals surface area contributed by atoms with E-state index in [2.05, 4.69) is 10.7 Å². The number of carbonyl (C=O) groups is 3. The van der Waals surface area contributed by atoms with E-state index in [1.807, 2.05) is 5.59 Å². The van der Waals surface area contributed by atoms with Crippen LogP contribution in [0.3, 0.4) is 0 Å². The fraction of sp³-hybridized carbons (Fsp3) is 0.400. The summed E-state index contributed by atoms with van der Waals surface area (Å²) in [6, 6.07) is 0. The molecular formula is C5H14N2O7P+. The molecule has 9 nitrogen and oxygen atoms in total. The van der Waals surface area contributed by atoms with Gasteiger partial charge in [0, 0.05) is 12.5 Å². The van der Waals surface area contributed by atoms with Gasteiger partial charge in [-0.3, -0.25) is 4.79 Å². The zero-order valence-corrected chi connectivity index (χ0v) is 9.12. The lowest BCUT2D eigenvalue weighted by molar-refractivity contribution is -0.512. The molecule has 0 saturated carbocycles. The van der Waals surface area contributed by atoms with Crippen molar-refractivity contribution in [1.29, 1.82) is 0 Å². The maximum Gasteiger partial charge on any atom is 0.355 e. The Hall–Kier alpha value is -1.28. The van der Waals surface area contributed by atoms with Crippen LogP contribution >= 0.6 is 9.24 Å². The van der Waals surface area contributed by atoms with Crippen molar-refractivity contribution in [1.82, 2.24) is 5.59 Å². The third-order valence-corrected chi connectivity index (χ3v) is 0.315. The van der Waals surface area contributed by atoms with Gasteiger partial charge in [-0.15, -0.1) is 0 Å². The van der Waals surface area contributed by atoms with E-state index in [9.17, 15) is 4.79 Å². The molecule has 0 bridgehead atoms. The van der Waals surface area contributed by atoms with E-state index in [1.54, 1.807) is 9.24 Å². The Labute approximate surface area is 87.3 Å². The fourth-order valence-electron chi connectivity index (χ4n) is 0.113. The van der Waals surface area contributed by atoms with Gasteiger partial charge in [0.15, 0.2) is 0 Å². The Morgan fingerprint density at radius 3 is 1.73 bits per heavy atom. The van der Waals surface area contributed by atoms with E-state index in [4.69, 9.17) is 24.9 Å². The molecule has 0 aliphatic heterocycles. The minimum atomic E-state index is -0.917. The molecule has 90 valence electrons. The largest absolute Gasteiger partial charge is 0.481 e. The van der Waals surface area contributed by atoms with Gasteiger partial charge in [-0.1, -0.05) is 0 Å². The van der Waals surface area contributed by atoms with Gasteiger partial charge < -0.3 is 20.2 Å². The van der Waals surface area contributed by atoms with Crippen molar-refractivity contribution in [2.45, 2.75) is 6.92 Å². The highest BCUT2D eigenvalue weighted by Crippen LogP contribution is 1.74. The molecule has 1 atom stereocenters. The zero-order valence-electron chi connectivity index (χ0n) is 7.97. The van der Waals surface area contributed by atoms with Crippen LogP contribution in [0.15, 0.2) is 0 Å². The van der Waals surface area contributed by atoms with Crippen LogP contribution < -0.4 is 11.4 Å². The number of carbonyl (C=O) groups excluding carboxylic acids is 1. The summed E-state index contributed by atoms with van der Waals surface area (Å²) < 4.78 is 0. The Balaban J connectivity index is -0.000000155. The molecule has 0 aromatic rings. The number of nitrogens with one attached hydrogen (secondary N) is 1. The average Bonchev–Trinajstić information content (AvgIpc) is 2.02. The van der Waals surface area contributed by atoms with Crippen molar-refractivity contribution in [2.24, 2.45) is 0 Å². The Morgan fingerprint density at radius 2 is 1.67 bits per heavy atom. The van der Waals surface area contributed by atoms with E-state index in [1.165, 1.54) is 0 Å². The molecule has 0 rings (SSSR count). The number of carboxylic acid groups (broad SMARTS) is 2. The second-order valence-electron chi connectivity index (χ2n) is 1.63. The number of quaternary nitrogens is 1. The molecule has 7 N–H and O–H groups in total. The summed E-state index contributed by atoms with van der Waals surface area (Å²) in [6.07, 6.45) is 0. The van der Waals surface area contributed by atoms with E-state index in [-0.39, 0.29) is 0 Å². The van der Waals surface area contributed by atoms with Gasteiger partial charge in [0.25, 0.3) is 5.97 Å². The first kappa shape index (κ1) is 19.3. The number of aliphatic hydroxyl groups is 1. The first-order valence-electron chi connectivity index (χ1n) is 3.28. The van der Waals surface area contributed by atoms with Crippen LogP contribution in [-0.4, -0.2) is 39.6 Å². The molecule has 0 fully saturated rings. The quantitative estimate of drug-likeness (QED) is 0.271. The second-order valence-corrected chi connectivity index (χ2v) is 2.13. The maximum atomic E-state index is 9.84. The highest BCUT2D eigenvalue weighted by atomic mass is 31.0. The number of carboxylic acids is 1. The number of rotatable bonds is 2. The lowest BCUT2D eigenvalue weighted by Crippen LogP contribution is -2.65. The van der Waals surface area contributed by atoms with Crippen LogP contribution in [0.2, 0.25) is 0 Å². The highest BCUT2D eigenvalue weighted by molar-refractivity contribution is 7.38. The van der Waals surface area contributed by atoms with Gasteiger partial charge in [0.05, 0.1) is 0 Å². The van der Waals surface area contributed by atoms with E-state index >= 15 is 0 Å². The average molecular weight is 245 g/mol. The molecule has 0 aliphatic carbocycles. The molecule has 0 radical (unpaired) electrons. The number of hydrogen-bond donors (Lipinski definition) is 5. The van der Waals surface area contributed by atoms with Crippen molar-refractivity contribution >= 4 is 26.9 Å². The Morgan fingerprint density at radius 1 is 1.40 bits per heavy atom. The normalized spacial score (nSPS) is 7.20. The topological polar surface area (TPSA) is 161 Å². The zero-order chi connectivity index (χ0) is 12.9. The molecule has 0 spiro atoms. The van der Waals surface area contributed by atoms with Crippen LogP contribution in [0.4, 0.5) is 4.79 Å². The van der Waals surface area contributed by atoms with Crippen molar-refractivity contribution in [3.05, 3.63) is 0 Å². The van der Waals surface area contributed by atoms with Gasteiger partial charge in [-0.2, -0.15) is 0 Å². The van der Waals surface area contributed by atoms with Gasteiger partial charge >= 0.3 is 11.7 Å². The summed E-state index contributed by atoms with van der Waals surface area (Å²) in [7, 11) is 1.57. The van der Waals surface area contributed by atoms with E-state index in [0.29, 0.717) is 0 Å². The van der Waals surface area contributed by atoms with Crippen LogP contribution in [0.25, 0.3) is 0 Å². The predicted octanol–water partition coefficient (Wildman–Crippen LogP) is -2.19. The molecule has 0 aromatic carbocycles. The molecule has 0 amide bonds. The summed E-state index contributed by atoms with van der Waals surface area (Å²) >= 11 is 0. The third-order valence-electron chi connectivity index (χ3n) is 0.315. The van der Waals surface area contributed by atoms with Crippen molar-refractivity contribution in [2.75, 3.05) is 6.61 Å². The third kappa shape index (κ3) is 106. The van der Waals surface area contributed by atoms with Gasteiger partial charge in [0.1, 0.15) is 6.61 Å². The molecule has 0 aliphatic rings. The highest BCUT2D eigenvalue weighted by Gasteiger charge is 1.95. The molecule has 15 heavy (non-hydrogen) atoms. The molecule has 0 aromatic heterocycles. The van der Waals surface area contributed by atoms with Gasteiger partial charge in [-0.05, 0) is 9.24 Å². The Kier molecular flexibility index (Phi) is 19.6. The SMILES string of the molecule is CC(=O)O.O=C(O)P.[NH3+]NOC(=O)CO. The molecule has 1 unspecified atom stereocenters. The van der Waals surface area contributed by atoms with Crippen molar-refractivity contribution in [3.63, 3.8) is 0 Å². The lowest BCUT2D eigenvalue weighted by Gasteiger charge is -1.90. The van der Waals surface area contributed by atoms with Crippen molar-refractivity contribution in [3.8, 4) is 0 Å². The van der Waals surface area contributed by atoms with Crippen molar-refractivity contribution < 1.29 is 40.4 Å². The first-order valence-corrected chi connectivity index (χ1v) is 3.86. The summed E-state index contributed by atoms with van der Waals surface area (Å²) in [5, 5.41) is 22.7. The molecular weight excluding hydrogens is 231 g/mol. The predicted molar refractivity (Wildman–Crippen MR) is 50.2 cm³/mol. The molecule has 0 heterocycles. The summed E-state index contributed by atoms with van der Waals surface area (Å²) in [5.74, 6) is 1.40.